The van der Waals surface area contributed by atoms with Crippen molar-refractivity contribution in [2.24, 2.45) is 0 Å². The normalized spacial score (nSPS) is 27.2. The van der Waals surface area contributed by atoms with Gasteiger partial charge in [0.2, 0.25) is 0 Å². The molecule has 0 aromatic heterocycles. The molecule has 0 spiro atoms. The van der Waals surface area contributed by atoms with Gasteiger partial charge in [-0.3, -0.25) is 9.80 Å². The Morgan fingerprint density at radius 2 is 1.62 bits per heavy atom. The summed E-state index contributed by atoms with van der Waals surface area (Å²) in [5.41, 5.74) is 2.60. The van der Waals surface area contributed by atoms with E-state index in [1.807, 2.05) is 0 Å². The Kier molecular flexibility index (Phi) is 5.59. The molecular formula is C18H28N2O3S. The zero-order valence-corrected chi connectivity index (χ0v) is 15.5. The van der Waals surface area contributed by atoms with Crippen LogP contribution in [0.2, 0.25) is 0 Å². The molecule has 2 atom stereocenters. The van der Waals surface area contributed by atoms with Gasteiger partial charge in [-0.1, -0.05) is 31.2 Å². The minimum absolute atomic E-state index is 0.103. The van der Waals surface area contributed by atoms with Crippen LogP contribution in [0.1, 0.15) is 18.1 Å². The monoisotopic (exact) mass is 352 g/mol. The average Bonchev–Trinajstić information content (AvgIpc) is 2.90. The second-order valence-corrected chi connectivity index (χ2v) is 9.03. The summed E-state index contributed by atoms with van der Waals surface area (Å²) in [6, 6.07) is 8.91. The molecule has 5 nitrogen and oxygen atoms in total. The van der Waals surface area contributed by atoms with Gasteiger partial charge < -0.3 is 4.74 Å². The van der Waals surface area contributed by atoms with Crippen molar-refractivity contribution in [3.63, 3.8) is 0 Å². The second kappa shape index (κ2) is 7.52. The van der Waals surface area contributed by atoms with E-state index >= 15 is 0 Å². The van der Waals surface area contributed by atoms with E-state index in [1.165, 1.54) is 11.1 Å². The first-order valence-electron chi connectivity index (χ1n) is 8.77. The quantitative estimate of drug-likeness (QED) is 0.769. The van der Waals surface area contributed by atoms with E-state index in [9.17, 15) is 8.42 Å². The van der Waals surface area contributed by atoms with Crippen molar-refractivity contribution in [2.75, 3.05) is 44.9 Å². The summed E-state index contributed by atoms with van der Waals surface area (Å²) in [7, 11) is -1.25. The summed E-state index contributed by atoms with van der Waals surface area (Å²) in [5.74, 6) is 0.570. The third kappa shape index (κ3) is 3.99. The van der Waals surface area contributed by atoms with Crippen molar-refractivity contribution in [3.05, 3.63) is 35.4 Å². The smallest absolute Gasteiger partial charge is 0.153 e. The lowest BCUT2D eigenvalue weighted by atomic mass is 10.0. The number of piperazine rings is 1. The molecule has 0 saturated carbocycles. The Morgan fingerprint density at radius 1 is 1.04 bits per heavy atom. The first-order valence-corrected chi connectivity index (χ1v) is 10.6. The third-order valence-electron chi connectivity index (χ3n) is 5.31. The van der Waals surface area contributed by atoms with E-state index in [0.29, 0.717) is 6.61 Å². The van der Waals surface area contributed by atoms with Gasteiger partial charge in [0.25, 0.3) is 0 Å². The van der Waals surface area contributed by atoms with E-state index in [1.54, 1.807) is 7.11 Å². The van der Waals surface area contributed by atoms with E-state index < -0.39 is 9.84 Å². The van der Waals surface area contributed by atoms with Crippen LogP contribution in [0.25, 0.3) is 0 Å². The number of nitrogens with zero attached hydrogens (tertiary/aromatic N) is 2. The molecule has 1 aromatic rings. The van der Waals surface area contributed by atoms with Crippen molar-refractivity contribution < 1.29 is 13.2 Å². The summed E-state index contributed by atoms with van der Waals surface area (Å²) in [5, 5.41) is 0. The minimum Gasteiger partial charge on any atom is -0.383 e. The zero-order chi connectivity index (χ0) is 17.2. The highest BCUT2D eigenvalue weighted by Gasteiger charge is 2.46. The molecule has 0 bridgehead atoms. The van der Waals surface area contributed by atoms with Gasteiger partial charge in [-0.2, -0.15) is 0 Å². The van der Waals surface area contributed by atoms with Crippen molar-refractivity contribution in [1.82, 2.24) is 9.80 Å². The molecule has 6 heteroatoms. The van der Waals surface area contributed by atoms with Crippen molar-refractivity contribution in [1.29, 1.82) is 0 Å². The molecule has 2 fully saturated rings. The lowest BCUT2D eigenvalue weighted by molar-refractivity contribution is 0.0253. The van der Waals surface area contributed by atoms with Gasteiger partial charge in [0.1, 0.15) is 0 Å². The van der Waals surface area contributed by atoms with Gasteiger partial charge in [-0.25, -0.2) is 8.42 Å². The molecule has 0 amide bonds. The number of rotatable bonds is 6. The van der Waals surface area contributed by atoms with Gasteiger partial charge >= 0.3 is 0 Å². The number of hydrogen-bond donors (Lipinski definition) is 0. The molecule has 0 unspecified atom stereocenters. The number of methoxy groups -OCH3 is 1. The van der Waals surface area contributed by atoms with Gasteiger partial charge in [-0.15, -0.1) is 0 Å². The van der Waals surface area contributed by atoms with Gasteiger partial charge in [0.05, 0.1) is 18.1 Å². The van der Waals surface area contributed by atoms with Gasteiger partial charge in [0.15, 0.2) is 9.84 Å². The summed E-state index contributed by atoms with van der Waals surface area (Å²) >= 11 is 0. The number of hydrogen-bond acceptors (Lipinski definition) is 5. The Balaban J connectivity index is 1.72. The minimum atomic E-state index is -2.95. The largest absolute Gasteiger partial charge is 0.383 e. The highest BCUT2D eigenvalue weighted by atomic mass is 32.2. The molecule has 0 aliphatic carbocycles. The predicted molar refractivity (Wildman–Crippen MR) is 95.9 cm³/mol. The van der Waals surface area contributed by atoms with Crippen LogP contribution < -0.4 is 0 Å². The maximum atomic E-state index is 12.2. The SMILES string of the molecule is CCc1ccc(CN2CCN(CCOC)[C@@H]3CS(=O)(=O)C[C@@H]32)cc1. The van der Waals surface area contributed by atoms with Gasteiger partial charge in [-0.05, 0) is 17.5 Å². The van der Waals surface area contributed by atoms with Crippen LogP contribution in [-0.2, 0) is 27.5 Å². The fraction of sp³-hybridized carbons (Fsp3) is 0.667. The standard InChI is InChI=1S/C18H28N2O3S/c1-3-15-4-6-16(7-5-15)12-20-9-8-19(10-11-23-2)17-13-24(21,22)14-18(17)20/h4-7,17-18H,3,8-14H2,1-2H3/t17-,18+/m1/s1. The molecule has 0 radical (unpaired) electrons. The molecule has 1 aromatic carbocycles. The summed E-state index contributed by atoms with van der Waals surface area (Å²) in [6.45, 7) is 6.28. The molecule has 3 rings (SSSR count). The topological polar surface area (TPSA) is 49.9 Å². The number of aryl methyl sites for hydroxylation is 1. The molecule has 2 saturated heterocycles. The Labute approximate surface area is 145 Å². The fourth-order valence-electron chi connectivity index (χ4n) is 3.89. The van der Waals surface area contributed by atoms with E-state index in [4.69, 9.17) is 4.74 Å². The van der Waals surface area contributed by atoms with E-state index in [-0.39, 0.29) is 23.6 Å². The van der Waals surface area contributed by atoms with Crippen LogP contribution in [0.4, 0.5) is 0 Å². The summed E-state index contributed by atoms with van der Waals surface area (Å²) in [6.07, 6.45) is 1.04. The van der Waals surface area contributed by atoms with Crippen LogP contribution >= 0.6 is 0 Å². The van der Waals surface area contributed by atoms with Crippen molar-refractivity contribution in [2.45, 2.75) is 32.0 Å². The number of sulfone groups is 1. The first-order chi connectivity index (χ1) is 11.5. The maximum absolute atomic E-state index is 12.2. The highest BCUT2D eigenvalue weighted by molar-refractivity contribution is 7.91. The molecule has 0 N–H and O–H groups in total. The van der Waals surface area contributed by atoms with Crippen LogP contribution in [-0.4, -0.2) is 75.2 Å². The van der Waals surface area contributed by atoms with Crippen LogP contribution in [0, 0.1) is 0 Å². The van der Waals surface area contributed by atoms with Crippen molar-refractivity contribution in [3.8, 4) is 0 Å². The molecule has 2 aliphatic rings. The van der Waals surface area contributed by atoms with Crippen LogP contribution in [0.15, 0.2) is 24.3 Å². The van der Waals surface area contributed by atoms with Crippen molar-refractivity contribution >= 4 is 9.84 Å². The molecule has 2 heterocycles. The molecular weight excluding hydrogens is 324 g/mol. The lowest BCUT2D eigenvalue weighted by Crippen LogP contribution is -2.59. The maximum Gasteiger partial charge on any atom is 0.153 e. The van der Waals surface area contributed by atoms with Gasteiger partial charge in [0, 0.05) is 45.4 Å². The Morgan fingerprint density at radius 3 is 2.25 bits per heavy atom. The molecule has 2 aliphatic heterocycles. The predicted octanol–water partition coefficient (Wildman–Crippen LogP) is 1.18. The van der Waals surface area contributed by atoms with E-state index in [0.717, 1.165) is 32.6 Å². The van der Waals surface area contributed by atoms with E-state index in [2.05, 4.69) is 41.0 Å². The number of fused-ring (bicyclic) bond motifs is 1. The van der Waals surface area contributed by atoms with Crippen LogP contribution in [0.3, 0.4) is 0 Å². The lowest BCUT2D eigenvalue weighted by Gasteiger charge is -2.44. The zero-order valence-electron chi connectivity index (χ0n) is 14.6. The second-order valence-electron chi connectivity index (χ2n) is 6.88. The molecule has 134 valence electrons. The number of benzene rings is 1. The Hall–Kier alpha value is -0.950. The molecule has 24 heavy (non-hydrogen) atoms. The first kappa shape index (κ1) is 17.9. The summed E-state index contributed by atoms with van der Waals surface area (Å²) < 4.78 is 29.6. The van der Waals surface area contributed by atoms with Crippen LogP contribution in [0.5, 0.6) is 0 Å². The average molecular weight is 353 g/mol. The fourth-order valence-corrected chi connectivity index (χ4v) is 5.94. The summed E-state index contributed by atoms with van der Waals surface area (Å²) in [4.78, 5) is 4.66. The number of ether oxygens (including phenoxy) is 1. The highest BCUT2D eigenvalue weighted by Crippen LogP contribution is 2.28. The third-order valence-corrected chi connectivity index (χ3v) is 7.00. The Bertz CT molecular complexity index is 645.